The molecular formula is C19H18ClN3O3. The molecule has 0 spiro atoms. The Kier molecular flexibility index (Phi) is 5.53. The van der Waals surface area contributed by atoms with Gasteiger partial charge in [-0.3, -0.25) is 9.59 Å². The third-order valence-electron chi connectivity index (χ3n) is 4.14. The van der Waals surface area contributed by atoms with E-state index in [1.54, 1.807) is 42.5 Å². The highest BCUT2D eigenvalue weighted by molar-refractivity contribution is 6.30. The van der Waals surface area contributed by atoms with E-state index in [1.807, 2.05) is 24.3 Å². The number of hydrogen-bond acceptors (Lipinski definition) is 4. The van der Waals surface area contributed by atoms with Crippen molar-refractivity contribution in [1.29, 1.82) is 0 Å². The molecule has 1 atom stereocenters. The zero-order valence-corrected chi connectivity index (χ0v) is 14.9. The molecule has 0 unspecified atom stereocenters. The van der Waals surface area contributed by atoms with Gasteiger partial charge >= 0.3 is 0 Å². The van der Waals surface area contributed by atoms with Crippen LogP contribution in [0.3, 0.4) is 0 Å². The lowest BCUT2D eigenvalue weighted by molar-refractivity contribution is -0.126. The Morgan fingerprint density at radius 1 is 1.23 bits per heavy atom. The summed E-state index contributed by atoms with van der Waals surface area (Å²) >= 11 is 5.87. The summed E-state index contributed by atoms with van der Waals surface area (Å²) in [4.78, 5) is 26.1. The zero-order valence-electron chi connectivity index (χ0n) is 14.2. The molecule has 0 bridgehead atoms. The van der Waals surface area contributed by atoms with Gasteiger partial charge in [0.2, 0.25) is 11.8 Å². The van der Waals surface area contributed by atoms with E-state index in [0.717, 1.165) is 17.0 Å². The molecule has 2 aromatic rings. The summed E-state index contributed by atoms with van der Waals surface area (Å²) < 4.78 is 5.08. The minimum Gasteiger partial charge on any atom is -0.497 e. The second-order valence-corrected chi connectivity index (χ2v) is 6.33. The van der Waals surface area contributed by atoms with Gasteiger partial charge in [0, 0.05) is 23.7 Å². The molecule has 6 nitrogen and oxygen atoms in total. The molecule has 0 radical (unpaired) electrons. The van der Waals surface area contributed by atoms with Crippen LogP contribution < -0.4 is 15.1 Å². The van der Waals surface area contributed by atoms with Crippen molar-refractivity contribution in [2.45, 2.75) is 6.42 Å². The van der Waals surface area contributed by atoms with Crippen molar-refractivity contribution in [3.05, 3.63) is 59.1 Å². The largest absolute Gasteiger partial charge is 0.497 e. The SMILES string of the molecule is COc1ccc(/C=N\NC(=O)[C@H]2CC(=O)N(c3ccc(Cl)cc3)C2)cc1. The number of amides is 2. The third kappa shape index (κ3) is 4.21. The van der Waals surface area contributed by atoms with Crippen molar-refractivity contribution in [2.24, 2.45) is 11.0 Å². The van der Waals surface area contributed by atoms with E-state index < -0.39 is 5.92 Å². The van der Waals surface area contributed by atoms with Crippen molar-refractivity contribution in [1.82, 2.24) is 5.43 Å². The van der Waals surface area contributed by atoms with Gasteiger partial charge in [-0.25, -0.2) is 5.43 Å². The number of carbonyl (C=O) groups is 2. The minimum atomic E-state index is -0.439. The first-order valence-electron chi connectivity index (χ1n) is 8.09. The average molecular weight is 372 g/mol. The van der Waals surface area contributed by atoms with Crippen LogP contribution in [-0.4, -0.2) is 31.7 Å². The molecular weight excluding hydrogens is 354 g/mol. The first kappa shape index (κ1) is 17.9. The lowest BCUT2D eigenvalue weighted by atomic mass is 10.1. The molecule has 2 amide bonds. The van der Waals surface area contributed by atoms with Crippen molar-refractivity contribution in [3.8, 4) is 5.75 Å². The molecule has 1 N–H and O–H groups in total. The minimum absolute atomic E-state index is 0.0911. The van der Waals surface area contributed by atoms with Gasteiger partial charge in [0.25, 0.3) is 0 Å². The molecule has 0 aliphatic carbocycles. The maximum atomic E-state index is 12.3. The number of hydrazone groups is 1. The molecule has 7 heteroatoms. The topological polar surface area (TPSA) is 71.0 Å². The Morgan fingerprint density at radius 2 is 1.92 bits per heavy atom. The van der Waals surface area contributed by atoms with E-state index in [2.05, 4.69) is 10.5 Å². The number of carbonyl (C=O) groups excluding carboxylic acids is 2. The van der Waals surface area contributed by atoms with Crippen LogP contribution in [0.25, 0.3) is 0 Å². The number of halogens is 1. The Morgan fingerprint density at radius 3 is 2.58 bits per heavy atom. The molecule has 0 aromatic heterocycles. The van der Waals surface area contributed by atoms with Gasteiger partial charge in [-0.15, -0.1) is 0 Å². The van der Waals surface area contributed by atoms with Crippen LogP contribution in [0.1, 0.15) is 12.0 Å². The van der Waals surface area contributed by atoms with Crippen LogP contribution in [-0.2, 0) is 9.59 Å². The van der Waals surface area contributed by atoms with Crippen molar-refractivity contribution in [3.63, 3.8) is 0 Å². The third-order valence-corrected chi connectivity index (χ3v) is 4.39. The molecule has 1 saturated heterocycles. The predicted octanol–water partition coefficient (Wildman–Crippen LogP) is 2.85. The summed E-state index contributed by atoms with van der Waals surface area (Å²) in [5.74, 6) is -0.0599. The Bertz CT molecular complexity index is 819. The van der Waals surface area contributed by atoms with Gasteiger partial charge in [0.15, 0.2) is 0 Å². The molecule has 0 saturated carbocycles. The van der Waals surface area contributed by atoms with E-state index >= 15 is 0 Å². The standard InChI is InChI=1S/C19H18ClN3O3/c1-26-17-8-2-13(3-9-17)11-21-22-19(25)14-10-18(24)23(12-14)16-6-4-15(20)5-7-16/h2-9,11,14H,10,12H2,1H3,(H,22,25)/b21-11-/t14-/m0/s1. The molecule has 134 valence electrons. The van der Waals surface area contributed by atoms with Crippen molar-refractivity contribution in [2.75, 3.05) is 18.6 Å². The highest BCUT2D eigenvalue weighted by Gasteiger charge is 2.35. The smallest absolute Gasteiger partial charge is 0.245 e. The fourth-order valence-electron chi connectivity index (χ4n) is 2.71. The van der Waals surface area contributed by atoms with Gasteiger partial charge in [0.1, 0.15) is 5.75 Å². The second-order valence-electron chi connectivity index (χ2n) is 5.89. The van der Waals surface area contributed by atoms with Gasteiger partial charge in [0.05, 0.1) is 19.2 Å². The van der Waals surface area contributed by atoms with Crippen LogP contribution in [0.2, 0.25) is 5.02 Å². The number of nitrogens with one attached hydrogen (secondary N) is 1. The molecule has 26 heavy (non-hydrogen) atoms. The van der Waals surface area contributed by atoms with Crippen LogP contribution in [0.15, 0.2) is 53.6 Å². The van der Waals surface area contributed by atoms with Crippen LogP contribution in [0.5, 0.6) is 5.75 Å². The predicted molar refractivity (Wildman–Crippen MR) is 101 cm³/mol. The Hall–Kier alpha value is -2.86. The average Bonchev–Trinajstić information content (AvgIpc) is 3.05. The lowest BCUT2D eigenvalue weighted by Gasteiger charge is -2.16. The van der Waals surface area contributed by atoms with E-state index in [-0.39, 0.29) is 18.2 Å². The number of rotatable bonds is 5. The van der Waals surface area contributed by atoms with Gasteiger partial charge in [-0.05, 0) is 54.1 Å². The number of nitrogens with zero attached hydrogens (tertiary/aromatic N) is 2. The summed E-state index contributed by atoms with van der Waals surface area (Å²) in [5, 5.41) is 4.56. The Balaban J connectivity index is 1.57. The summed E-state index contributed by atoms with van der Waals surface area (Å²) in [6.45, 7) is 0.324. The maximum Gasteiger partial charge on any atom is 0.245 e. The lowest BCUT2D eigenvalue weighted by Crippen LogP contribution is -2.30. The number of methoxy groups -OCH3 is 1. The molecule has 1 fully saturated rings. The van der Waals surface area contributed by atoms with Crippen LogP contribution in [0, 0.1) is 5.92 Å². The van der Waals surface area contributed by atoms with Crippen LogP contribution in [0.4, 0.5) is 5.69 Å². The summed E-state index contributed by atoms with van der Waals surface area (Å²) in [7, 11) is 1.60. The highest BCUT2D eigenvalue weighted by Crippen LogP contribution is 2.26. The molecule has 3 rings (SSSR count). The van der Waals surface area contributed by atoms with Crippen molar-refractivity contribution >= 4 is 35.3 Å². The summed E-state index contributed by atoms with van der Waals surface area (Å²) in [5.41, 5.74) is 4.07. The highest BCUT2D eigenvalue weighted by atomic mass is 35.5. The normalized spacial score (nSPS) is 16.9. The molecule has 1 aliphatic heterocycles. The van der Waals surface area contributed by atoms with E-state index in [9.17, 15) is 9.59 Å². The molecule has 1 aliphatic rings. The zero-order chi connectivity index (χ0) is 18.5. The first-order valence-corrected chi connectivity index (χ1v) is 8.47. The number of ether oxygens (including phenoxy) is 1. The van der Waals surface area contributed by atoms with Crippen LogP contribution >= 0.6 is 11.6 Å². The van der Waals surface area contributed by atoms with Gasteiger partial charge < -0.3 is 9.64 Å². The fraction of sp³-hybridized carbons (Fsp3) is 0.211. The number of hydrogen-bond donors (Lipinski definition) is 1. The first-order chi connectivity index (χ1) is 12.6. The van der Waals surface area contributed by atoms with E-state index in [1.165, 1.54) is 0 Å². The number of anilines is 1. The van der Waals surface area contributed by atoms with Gasteiger partial charge in [-0.2, -0.15) is 5.10 Å². The maximum absolute atomic E-state index is 12.3. The van der Waals surface area contributed by atoms with E-state index in [0.29, 0.717) is 11.6 Å². The monoisotopic (exact) mass is 371 g/mol. The van der Waals surface area contributed by atoms with E-state index in [4.69, 9.17) is 16.3 Å². The molecule has 2 aromatic carbocycles. The summed E-state index contributed by atoms with van der Waals surface area (Å²) in [6, 6.07) is 14.2. The van der Waals surface area contributed by atoms with Crippen molar-refractivity contribution < 1.29 is 14.3 Å². The summed E-state index contributed by atoms with van der Waals surface area (Å²) in [6.07, 6.45) is 1.71. The fourth-order valence-corrected chi connectivity index (χ4v) is 2.83. The quantitative estimate of drug-likeness (QED) is 0.649. The molecule has 1 heterocycles. The second kappa shape index (κ2) is 8.01. The van der Waals surface area contributed by atoms with Gasteiger partial charge in [-0.1, -0.05) is 11.6 Å². The number of benzene rings is 2. The Labute approximate surface area is 156 Å².